The molecule has 0 atom stereocenters. The average molecular weight is 255 g/mol. The molecule has 18 heavy (non-hydrogen) atoms. The highest BCUT2D eigenvalue weighted by molar-refractivity contribution is 6.61. The van der Waals surface area contributed by atoms with Crippen molar-refractivity contribution in [2.45, 2.75) is 45.5 Å². The van der Waals surface area contributed by atoms with E-state index in [4.69, 9.17) is 16.2 Å². The first-order valence-electron chi connectivity index (χ1n) is 8.12. The third-order valence-corrected chi connectivity index (χ3v) is 3.30. The fourth-order valence-corrected chi connectivity index (χ4v) is 1.56. The van der Waals surface area contributed by atoms with Crippen molar-refractivity contribution in [3.63, 3.8) is 0 Å². The van der Waals surface area contributed by atoms with Crippen molar-refractivity contribution in [2.75, 3.05) is 7.04 Å². The minimum Gasteiger partial charge on any atom is -0.398 e. The molecule has 0 amide bonds. The lowest BCUT2D eigenvalue weighted by atomic mass is 9.85. The minimum absolute atomic E-state index is 0.249. The fraction of sp³-hybridized carbons (Fsp3) is 0.667. The maximum Gasteiger partial charge on any atom is 0.516 e. The first-order chi connectivity index (χ1) is 10.2. The number of nitrogens with zero attached hydrogens (tertiary/aromatic N) is 2. The van der Waals surface area contributed by atoms with Gasteiger partial charge in [0.1, 0.15) is 0 Å². The molecule has 5 nitrogen and oxygen atoms in total. The van der Waals surface area contributed by atoms with Crippen molar-refractivity contribution in [2.24, 2.45) is 0 Å². The molecule has 0 unspecified atom stereocenters. The Bertz CT molecular complexity index is 578. The van der Waals surface area contributed by atoms with E-state index in [2.05, 4.69) is 14.7 Å². The molecule has 2 heterocycles. The van der Waals surface area contributed by atoms with E-state index in [0.29, 0.717) is 0 Å². The molecule has 0 N–H and O–H groups in total. The van der Waals surface area contributed by atoms with Crippen LogP contribution in [-0.2, 0) is 20.6 Å². The van der Waals surface area contributed by atoms with E-state index in [-0.39, 0.29) is 11.3 Å². The van der Waals surface area contributed by atoms with Crippen LogP contribution in [0.15, 0.2) is 12.4 Å². The van der Waals surface area contributed by atoms with Crippen LogP contribution in [0.25, 0.3) is 0 Å². The standard InChI is InChI=1S/C12H19BN2O3/c1-11(2)12(3,4)18-13(17-11)10-7-14-6-9(15-10)8-16-5/h6-7H,8H2,1-5H3/i5D3,8D2. The number of ether oxygens (including phenoxy) is 1. The highest BCUT2D eigenvalue weighted by atomic mass is 16.7. The zero-order valence-electron chi connectivity index (χ0n) is 15.9. The third-order valence-electron chi connectivity index (χ3n) is 3.30. The molecule has 0 spiro atoms. The van der Waals surface area contributed by atoms with Crippen LogP contribution in [0.3, 0.4) is 0 Å². The molecule has 1 fully saturated rings. The zero-order chi connectivity index (χ0) is 17.7. The quantitative estimate of drug-likeness (QED) is 0.752. The summed E-state index contributed by atoms with van der Waals surface area (Å²) in [7, 11) is -3.72. The summed E-state index contributed by atoms with van der Waals surface area (Å²) in [5.74, 6) is 0. The van der Waals surface area contributed by atoms with Crippen LogP contribution in [0.1, 0.15) is 40.2 Å². The second kappa shape index (κ2) is 4.61. The summed E-state index contributed by atoms with van der Waals surface area (Å²) in [4.78, 5) is 7.97. The van der Waals surface area contributed by atoms with E-state index < -0.39 is 31.9 Å². The first-order valence-corrected chi connectivity index (χ1v) is 5.62. The molecule has 6 heteroatoms. The Balaban J connectivity index is 2.28. The van der Waals surface area contributed by atoms with Gasteiger partial charge in [-0.25, -0.2) is 0 Å². The van der Waals surface area contributed by atoms with Crippen molar-refractivity contribution in [3.05, 3.63) is 18.1 Å². The predicted molar refractivity (Wildman–Crippen MR) is 68.5 cm³/mol. The maximum absolute atomic E-state index is 7.75. The van der Waals surface area contributed by atoms with Crippen LogP contribution in [-0.4, -0.2) is 35.3 Å². The Morgan fingerprint density at radius 3 is 2.61 bits per heavy atom. The third kappa shape index (κ3) is 2.41. The SMILES string of the molecule is [2H]C([2H])([2H])OC([2H])([2H])c1cncc(B2OC(C)(C)C(C)(C)O2)n1. The van der Waals surface area contributed by atoms with Gasteiger partial charge in [0.2, 0.25) is 0 Å². The van der Waals surface area contributed by atoms with Crippen LogP contribution < -0.4 is 5.59 Å². The predicted octanol–water partition coefficient (Wildman–Crippen LogP) is 0.922. The van der Waals surface area contributed by atoms with Crippen molar-refractivity contribution in [3.8, 4) is 0 Å². The topological polar surface area (TPSA) is 53.5 Å². The number of hydrogen-bond donors (Lipinski definition) is 0. The average Bonchev–Trinajstić information content (AvgIpc) is 2.56. The van der Waals surface area contributed by atoms with E-state index in [1.807, 2.05) is 27.7 Å². The summed E-state index contributed by atoms with van der Waals surface area (Å²) in [6.45, 7) is 4.89. The second-order valence-electron chi connectivity index (χ2n) is 5.12. The lowest BCUT2D eigenvalue weighted by Crippen LogP contribution is -2.41. The van der Waals surface area contributed by atoms with E-state index in [0.717, 1.165) is 6.20 Å². The van der Waals surface area contributed by atoms with Crippen LogP contribution >= 0.6 is 0 Å². The van der Waals surface area contributed by atoms with E-state index >= 15 is 0 Å². The molecule has 1 saturated heterocycles. The van der Waals surface area contributed by atoms with Crippen LogP contribution in [0, 0.1) is 0 Å². The molecule has 0 aliphatic carbocycles. The minimum atomic E-state index is -2.90. The van der Waals surface area contributed by atoms with Crippen molar-refractivity contribution in [1.82, 2.24) is 9.97 Å². The van der Waals surface area contributed by atoms with E-state index in [1.165, 1.54) is 6.20 Å². The first kappa shape index (κ1) is 8.25. The molecule has 1 aromatic heterocycles. The highest BCUT2D eigenvalue weighted by Crippen LogP contribution is 2.36. The molecule has 1 aliphatic heterocycles. The summed E-state index contributed by atoms with van der Waals surface area (Å²) in [6.07, 6.45) is 2.50. The lowest BCUT2D eigenvalue weighted by Gasteiger charge is -2.32. The van der Waals surface area contributed by atoms with Gasteiger partial charge in [0, 0.05) is 13.2 Å². The number of rotatable bonds is 3. The van der Waals surface area contributed by atoms with Gasteiger partial charge < -0.3 is 14.0 Å². The number of aromatic nitrogens is 2. The molecule has 0 aromatic carbocycles. The normalized spacial score (nSPS) is 26.9. The second-order valence-corrected chi connectivity index (χ2v) is 5.12. The van der Waals surface area contributed by atoms with Crippen LogP contribution in [0.2, 0.25) is 0 Å². The van der Waals surface area contributed by atoms with Gasteiger partial charge in [-0.05, 0) is 27.7 Å². The van der Waals surface area contributed by atoms with Crippen molar-refractivity contribution < 1.29 is 20.9 Å². The van der Waals surface area contributed by atoms with Gasteiger partial charge in [-0.15, -0.1) is 0 Å². The summed E-state index contributed by atoms with van der Waals surface area (Å²) >= 11 is 0. The van der Waals surface area contributed by atoms with Gasteiger partial charge in [0.25, 0.3) is 0 Å². The molecular formula is C12H19BN2O3. The monoisotopic (exact) mass is 255 g/mol. The smallest absolute Gasteiger partial charge is 0.398 e. The maximum atomic E-state index is 7.75. The lowest BCUT2D eigenvalue weighted by molar-refractivity contribution is 0.00578. The molecule has 1 aromatic rings. The summed E-state index contributed by atoms with van der Waals surface area (Å²) in [5.41, 5.74) is -1.17. The number of hydrogen-bond acceptors (Lipinski definition) is 5. The molecule has 98 valence electrons. The van der Waals surface area contributed by atoms with Crippen LogP contribution in [0.4, 0.5) is 0 Å². The van der Waals surface area contributed by atoms with Gasteiger partial charge in [-0.3, -0.25) is 9.97 Å². The highest BCUT2D eigenvalue weighted by Gasteiger charge is 2.52. The van der Waals surface area contributed by atoms with E-state index in [1.54, 1.807) is 0 Å². The Morgan fingerprint density at radius 2 is 2.00 bits per heavy atom. The van der Waals surface area contributed by atoms with Gasteiger partial charge in [-0.2, -0.15) is 0 Å². The molecule has 0 saturated carbocycles. The zero-order valence-corrected chi connectivity index (χ0v) is 10.9. The van der Waals surface area contributed by atoms with Crippen molar-refractivity contribution in [1.29, 1.82) is 0 Å². The Morgan fingerprint density at radius 1 is 1.33 bits per heavy atom. The number of methoxy groups -OCH3 is 1. The molecule has 0 bridgehead atoms. The summed E-state index contributed by atoms with van der Waals surface area (Å²) in [5, 5.41) is 0. The van der Waals surface area contributed by atoms with Gasteiger partial charge >= 0.3 is 7.12 Å². The van der Waals surface area contributed by atoms with E-state index in [9.17, 15) is 0 Å². The summed E-state index contributed by atoms with van der Waals surface area (Å²) in [6, 6.07) is 0. The Labute approximate surface area is 115 Å². The molecule has 2 rings (SSSR count). The largest absolute Gasteiger partial charge is 0.516 e. The Hall–Kier alpha value is -0.975. The molecular weight excluding hydrogens is 231 g/mol. The Kier molecular flexibility index (Phi) is 2.11. The molecule has 1 aliphatic rings. The van der Waals surface area contributed by atoms with Crippen molar-refractivity contribution >= 4 is 12.7 Å². The van der Waals surface area contributed by atoms with Gasteiger partial charge in [0.15, 0.2) is 0 Å². The summed E-state index contributed by atoms with van der Waals surface area (Å²) < 4.78 is 52.7. The fourth-order valence-electron chi connectivity index (χ4n) is 1.56. The van der Waals surface area contributed by atoms with Gasteiger partial charge in [0.05, 0.1) is 42.1 Å². The van der Waals surface area contributed by atoms with Gasteiger partial charge in [-0.1, -0.05) is 0 Å². The van der Waals surface area contributed by atoms with Crippen LogP contribution in [0.5, 0.6) is 0 Å². The molecule has 0 radical (unpaired) electrons.